The average Bonchev–Trinajstić information content (AvgIpc) is 2.29. The molecule has 0 aromatic carbocycles. The van der Waals surface area contributed by atoms with Crippen molar-refractivity contribution < 1.29 is 18.9 Å². The molecule has 0 spiro atoms. The van der Waals surface area contributed by atoms with Crippen LogP contribution in [0.4, 0.5) is 0 Å². The van der Waals surface area contributed by atoms with Crippen molar-refractivity contribution in [2.45, 2.75) is 39.5 Å². The number of ether oxygens (including phenoxy) is 4. The van der Waals surface area contributed by atoms with E-state index >= 15 is 0 Å². The van der Waals surface area contributed by atoms with Crippen LogP contribution in [-0.4, -0.2) is 31.6 Å². The number of rotatable bonds is 4. The summed E-state index contributed by atoms with van der Waals surface area (Å²) in [5.74, 6) is -1.61. The topological polar surface area (TPSA) is 36.9 Å². The van der Waals surface area contributed by atoms with Crippen LogP contribution in [0.25, 0.3) is 0 Å². The smallest absolute Gasteiger partial charge is 0.282 e. The van der Waals surface area contributed by atoms with Gasteiger partial charge in [0, 0.05) is 20.1 Å². The van der Waals surface area contributed by atoms with E-state index in [2.05, 4.69) is 0 Å². The van der Waals surface area contributed by atoms with Crippen molar-refractivity contribution in [1.82, 2.24) is 0 Å². The highest BCUT2D eigenvalue weighted by molar-refractivity contribution is 4.72. The van der Waals surface area contributed by atoms with Crippen LogP contribution in [0, 0.1) is 0 Å². The molecule has 1 saturated heterocycles. The first kappa shape index (κ1) is 10.9. The molecule has 13 heavy (non-hydrogen) atoms. The van der Waals surface area contributed by atoms with Crippen LogP contribution >= 0.6 is 0 Å². The quantitative estimate of drug-likeness (QED) is 0.673. The second kappa shape index (κ2) is 3.92. The van der Waals surface area contributed by atoms with Gasteiger partial charge in [-0.1, -0.05) is 0 Å². The molecule has 4 heteroatoms. The lowest BCUT2D eigenvalue weighted by atomic mass is 10.3. The van der Waals surface area contributed by atoms with Crippen LogP contribution in [0.5, 0.6) is 0 Å². The van der Waals surface area contributed by atoms with Crippen molar-refractivity contribution in [3.05, 3.63) is 0 Å². The van der Waals surface area contributed by atoms with Crippen molar-refractivity contribution in [3.63, 3.8) is 0 Å². The maximum atomic E-state index is 5.55. The molecule has 0 aliphatic carbocycles. The van der Waals surface area contributed by atoms with E-state index in [0.29, 0.717) is 19.8 Å². The van der Waals surface area contributed by atoms with Gasteiger partial charge in [-0.2, -0.15) is 0 Å². The van der Waals surface area contributed by atoms with Crippen LogP contribution in [0.3, 0.4) is 0 Å². The molecule has 0 radical (unpaired) electrons. The standard InChI is InChI=1S/C9H18O4/c1-5-10-8(3)7-12-9(4,13-8)11-6-2/h5-7H2,1-4H3. The molecule has 1 aliphatic heterocycles. The van der Waals surface area contributed by atoms with Gasteiger partial charge in [0.25, 0.3) is 5.97 Å². The van der Waals surface area contributed by atoms with E-state index in [1.807, 2.05) is 20.8 Å². The van der Waals surface area contributed by atoms with Gasteiger partial charge >= 0.3 is 0 Å². The molecule has 0 amide bonds. The Kier molecular flexibility index (Phi) is 3.29. The van der Waals surface area contributed by atoms with Gasteiger partial charge in [0.05, 0.1) is 0 Å². The molecule has 0 N–H and O–H groups in total. The van der Waals surface area contributed by atoms with Crippen LogP contribution in [-0.2, 0) is 18.9 Å². The highest BCUT2D eigenvalue weighted by Gasteiger charge is 2.46. The van der Waals surface area contributed by atoms with Crippen molar-refractivity contribution in [2.24, 2.45) is 0 Å². The minimum atomic E-state index is -0.946. The Morgan fingerprint density at radius 2 is 1.77 bits per heavy atom. The Hall–Kier alpha value is -0.160. The predicted octanol–water partition coefficient (Wildman–Crippen LogP) is 1.50. The summed E-state index contributed by atoms with van der Waals surface area (Å²) in [6.45, 7) is 8.97. The lowest BCUT2D eigenvalue weighted by Gasteiger charge is -2.26. The van der Waals surface area contributed by atoms with Crippen LogP contribution in [0.1, 0.15) is 27.7 Å². The van der Waals surface area contributed by atoms with Gasteiger partial charge in [-0.15, -0.1) is 0 Å². The molecule has 1 heterocycles. The van der Waals surface area contributed by atoms with Gasteiger partial charge in [0.2, 0.25) is 0 Å². The Morgan fingerprint density at radius 3 is 2.31 bits per heavy atom. The van der Waals surface area contributed by atoms with E-state index in [-0.39, 0.29) is 0 Å². The van der Waals surface area contributed by atoms with Gasteiger partial charge < -0.3 is 14.2 Å². The Morgan fingerprint density at radius 1 is 1.15 bits per heavy atom. The van der Waals surface area contributed by atoms with Gasteiger partial charge in [0.15, 0.2) is 5.79 Å². The minimum Gasteiger partial charge on any atom is -0.348 e. The summed E-state index contributed by atoms with van der Waals surface area (Å²) in [6, 6.07) is 0. The van der Waals surface area contributed by atoms with Gasteiger partial charge in [0.1, 0.15) is 6.61 Å². The highest BCUT2D eigenvalue weighted by atomic mass is 16.9. The first-order chi connectivity index (χ1) is 6.04. The molecule has 1 fully saturated rings. The summed E-state index contributed by atoms with van der Waals surface area (Å²) in [4.78, 5) is 0. The molecule has 2 atom stereocenters. The van der Waals surface area contributed by atoms with Crippen LogP contribution in [0.2, 0.25) is 0 Å². The molecule has 1 rings (SSSR count). The summed E-state index contributed by atoms with van der Waals surface area (Å²) >= 11 is 0. The monoisotopic (exact) mass is 190 g/mol. The first-order valence-electron chi connectivity index (χ1n) is 4.65. The fourth-order valence-electron chi connectivity index (χ4n) is 1.42. The maximum absolute atomic E-state index is 5.55. The molecule has 0 aromatic rings. The van der Waals surface area contributed by atoms with Crippen LogP contribution < -0.4 is 0 Å². The molecule has 1 aliphatic rings. The van der Waals surface area contributed by atoms with E-state index in [0.717, 1.165) is 0 Å². The van der Waals surface area contributed by atoms with Gasteiger partial charge in [-0.25, -0.2) is 0 Å². The molecule has 0 saturated carbocycles. The summed E-state index contributed by atoms with van der Waals surface area (Å²) in [6.07, 6.45) is 0. The molecule has 4 nitrogen and oxygen atoms in total. The molecular formula is C9H18O4. The van der Waals surface area contributed by atoms with Crippen molar-refractivity contribution in [2.75, 3.05) is 19.8 Å². The first-order valence-corrected chi connectivity index (χ1v) is 4.65. The largest absolute Gasteiger partial charge is 0.348 e. The molecule has 2 unspecified atom stereocenters. The number of hydrogen-bond acceptors (Lipinski definition) is 4. The predicted molar refractivity (Wildman–Crippen MR) is 47.1 cm³/mol. The van der Waals surface area contributed by atoms with E-state index in [1.165, 1.54) is 0 Å². The van der Waals surface area contributed by atoms with Crippen molar-refractivity contribution in [1.29, 1.82) is 0 Å². The average molecular weight is 190 g/mol. The fraction of sp³-hybridized carbons (Fsp3) is 1.00. The van der Waals surface area contributed by atoms with E-state index in [4.69, 9.17) is 18.9 Å². The lowest BCUT2D eigenvalue weighted by molar-refractivity contribution is -0.357. The third kappa shape index (κ3) is 2.64. The molecule has 0 bridgehead atoms. The fourth-order valence-corrected chi connectivity index (χ4v) is 1.42. The van der Waals surface area contributed by atoms with Crippen molar-refractivity contribution >= 4 is 0 Å². The van der Waals surface area contributed by atoms with Gasteiger partial charge in [-0.05, 0) is 20.8 Å². The Labute approximate surface area is 79.1 Å². The lowest BCUT2D eigenvalue weighted by Crippen LogP contribution is -2.36. The Bertz CT molecular complexity index is 155. The SMILES string of the molecule is CCOC1(C)COC(C)(OCC)O1. The van der Waals surface area contributed by atoms with Crippen LogP contribution in [0.15, 0.2) is 0 Å². The normalized spacial score (nSPS) is 39.7. The summed E-state index contributed by atoms with van der Waals surface area (Å²) < 4.78 is 21.6. The molecular weight excluding hydrogens is 172 g/mol. The summed E-state index contributed by atoms with van der Waals surface area (Å²) in [5, 5.41) is 0. The van der Waals surface area contributed by atoms with E-state index < -0.39 is 11.8 Å². The second-order valence-electron chi connectivity index (χ2n) is 3.25. The third-order valence-electron chi connectivity index (χ3n) is 1.85. The van der Waals surface area contributed by atoms with Gasteiger partial charge in [-0.3, -0.25) is 4.74 Å². The Balaban J connectivity index is 2.51. The minimum absolute atomic E-state index is 0.400. The third-order valence-corrected chi connectivity index (χ3v) is 1.85. The van der Waals surface area contributed by atoms with E-state index in [9.17, 15) is 0 Å². The maximum Gasteiger partial charge on any atom is 0.282 e. The number of hydrogen-bond donors (Lipinski definition) is 0. The zero-order valence-corrected chi connectivity index (χ0v) is 8.75. The zero-order valence-electron chi connectivity index (χ0n) is 8.75. The summed E-state index contributed by atoms with van der Waals surface area (Å²) in [5.41, 5.74) is 0. The zero-order chi connectivity index (χ0) is 9.95. The highest BCUT2D eigenvalue weighted by Crippen LogP contribution is 2.32. The summed E-state index contributed by atoms with van der Waals surface area (Å²) in [7, 11) is 0. The van der Waals surface area contributed by atoms with Crippen molar-refractivity contribution in [3.8, 4) is 0 Å². The second-order valence-corrected chi connectivity index (χ2v) is 3.25. The van der Waals surface area contributed by atoms with E-state index in [1.54, 1.807) is 6.92 Å². The molecule has 0 aromatic heterocycles. The molecule has 78 valence electrons.